The Labute approximate surface area is 105 Å². The van der Waals surface area contributed by atoms with E-state index in [1.165, 1.54) is 6.07 Å². The number of halogens is 3. The van der Waals surface area contributed by atoms with Gasteiger partial charge in [0.25, 0.3) is 0 Å². The Hall–Kier alpha value is -1.73. The molecule has 0 unspecified atom stereocenters. The molecule has 0 aliphatic rings. The molecule has 0 atom stereocenters. The van der Waals surface area contributed by atoms with Crippen molar-refractivity contribution in [1.29, 1.82) is 5.26 Å². The van der Waals surface area contributed by atoms with Crippen LogP contribution in [0.4, 0.5) is 8.78 Å². The second kappa shape index (κ2) is 4.64. The van der Waals surface area contributed by atoms with E-state index in [0.717, 1.165) is 18.2 Å². The van der Waals surface area contributed by atoms with E-state index in [2.05, 4.69) is 15.9 Å². The number of hydrogen-bond donors (Lipinski definition) is 0. The fourth-order valence-corrected chi connectivity index (χ4v) is 2.02. The summed E-state index contributed by atoms with van der Waals surface area (Å²) in [5.74, 6) is -1.03. The number of nitriles is 1. The van der Waals surface area contributed by atoms with Crippen LogP contribution < -0.4 is 0 Å². The van der Waals surface area contributed by atoms with E-state index in [4.69, 9.17) is 5.26 Å². The molecule has 0 spiro atoms. The summed E-state index contributed by atoms with van der Waals surface area (Å²) < 4.78 is 27.3. The molecule has 0 saturated heterocycles. The molecule has 2 rings (SSSR count). The molecule has 84 valence electrons. The van der Waals surface area contributed by atoms with Crippen molar-refractivity contribution in [3.8, 4) is 17.2 Å². The molecule has 17 heavy (non-hydrogen) atoms. The van der Waals surface area contributed by atoms with Crippen LogP contribution in [0.1, 0.15) is 5.56 Å². The van der Waals surface area contributed by atoms with Crippen molar-refractivity contribution in [2.75, 3.05) is 0 Å². The van der Waals surface area contributed by atoms with Gasteiger partial charge in [-0.25, -0.2) is 8.78 Å². The van der Waals surface area contributed by atoms with E-state index in [9.17, 15) is 8.78 Å². The van der Waals surface area contributed by atoms with Gasteiger partial charge in [0, 0.05) is 10.0 Å². The van der Waals surface area contributed by atoms with Crippen LogP contribution in [0.5, 0.6) is 0 Å². The lowest BCUT2D eigenvalue weighted by molar-refractivity contribution is 0.603. The predicted molar refractivity (Wildman–Crippen MR) is 64.2 cm³/mol. The zero-order chi connectivity index (χ0) is 12.4. The summed E-state index contributed by atoms with van der Waals surface area (Å²) in [6, 6.07) is 9.97. The monoisotopic (exact) mass is 293 g/mol. The van der Waals surface area contributed by atoms with E-state index < -0.39 is 11.6 Å². The zero-order valence-electron chi connectivity index (χ0n) is 8.55. The minimum atomic E-state index is -0.520. The standard InChI is InChI=1S/C13H6BrF2N/c14-10-4-8(7-17)3-9(5-10)12-6-11(15)1-2-13(12)16/h1-6H. The Morgan fingerprint density at radius 3 is 2.53 bits per heavy atom. The van der Waals surface area contributed by atoms with Crippen molar-refractivity contribution in [1.82, 2.24) is 0 Å². The molecule has 0 saturated carbocycles. The van der Waals surface area contributed by atoms with Crippen molar-refractivity contribution < 1.29 is 8.78 Å². The summed E-state index contributed by atoms with van der Waals surface area (Å²) in [7, 11) is 0. The highest BCUT2D eigenvalue weighted by atomic mass is 79.9. The molecule has 0 radical (unpaired) electrons. The molecule has 0 aromatic heterocycles. The zero-order valence-corrected chi connectivity index (χ0v) is 10.1. The Morgan fingerprint density at radius 2 is 1.82 bits per heavy atom. The topological polar surface area (TPSA) is 23.8 Å². The van der Waals surface area contributed by atoms with Crippen LogP contribution in [0.3, 0.4) is 0 Å². The van der Waals surface area contributed by atoms with Crippen molar-refractivity contribution in [3.05, 3.63) is 58.1 Å². The van der Waals surface area contributed by atoms with Gasteiger partial charge in [-0.05, 0) is 42.0 Å². The maximum atomic E-state index is 13.6. The number of benzene rings is 2. The average molecular weight is 294 g/mol. The third-order valence-electron chi connectivity index (χ3n) is 2.27. The van der Waals surface area contributed by atoms with Crippen LogP contribution in [0.25, 0.3) is 11.1 Å². The Morgan fingerprint density at radius 1 is 1.06 bits per heavy atom. The molecule has 0 bridgehead atoms. The summed E-state index contributed by atoms with van der Waals surface area (Å²) >= 11 is 3.23. The summed E-state index contributed by atoms with van der Waals surface area (Å²) in [5.41, 5.74) is 0.994. The maximum Gasteiger partial charge on any atom is 0.131 e. The molecular formula is C13H6BrF2N. The minimum absolute atomic E-state index is 0.141. The number of rotatable bonds is 1. The molecule has 0 aliphatic heterocycles. The van der Waals surface area contributed by atoms with Gasteiger partial charge in [0.05, 0.1) is 11.6 Å². The van der Waals surface area contributed by atoms with E-state index >= 15 is 0 Å². The summed E-state index contributed by atoms with van der Waals surface area (Å²) in [6.07, 6.45) is 0. The van der Waals surface area contributed by atoms with Gasteiger partial charge in [-0.1, -0.05) is 15.9 Å². The third-order valence-corrected chi connectivity index (χ3v) is 2.72. The van der Waals surface area contributed by atoms with Crippen molar-refractivity contribution in [2.24, 2.45) is 0 Å². The van der Waals surface area contributed by atoms with Gasteiger partial charge in [-0.3, -0.25) is 0 Å². The van der Waals surface area contributed by atoms with Gasteiger partial charge in [0.1, 0.15) is 11.6 Å². The first-order chi connectivity index (χ1) is 8.10. The number of hydrogen-bond acceptors (Lipinski definition) is 1. The Balaban J connectivity index is 2.64. The van der Waals surface area contributed by atoms with Crippen molar-refractivity contribution in [2.45, 2.75) is 0 Å². The van der Waals surface area contributed by atoms with Gasteiger partial charge in [0.2, 0.25) is 0 Å². The van der Waals surface area contributed by atoms with Gasteiger partial charge in [-0.2, -0.15) is 5.26 Å². The molecule has 4 heteroatoms. The number of nitrogens with zero attached hydrogens (tertiary/aromatic N) is 1. The normalized spacial score (nSPS) is 10.0. The van der Waals surface area contributed by atoms with Gasteiger partial charge < -0.3 is 0 Å². The van der Waals surface area contributed by atoms with Crippen LogP contribution >= 0.6 is 15.9 Å². The summed E-state index contributed by atoms with van der Waals surface area (Å²) in [5, 5.41) is 8.82. The molecule has 0 aliphatic carbocycles. The average Bonchev–Trinajstić information content (AvgIpc) is 2.31. The van der Waals surface area contributed by atoms with E-state index in [-0.39, 0.29) is 5.56 Å². The van der Waals surface area contributed by atoms with Crippen LogP contribution in [0, 0.1) is 23.0 Å². The van der Waals surface area contributed by atoms with Crippen molar-refractivity contribution >= 4 is 15.9 Å². The van der Waals surface area contributed by atoms with Gasteiger partial charge in [0.15, 0.2) is 0 Å². The summed E-state index contributed by atoms with van der Waals surface area (Å²) in [6.45, 7) is 0. The van der Waals surface area contributed by atoms with Crippen LogP contribution in [-0.4, -0.2) is 0 Å². The molecule has 2 aromatic carbocycles. The van der Waals surface area contributed by atoms with E-state index in [0.29, 0.717) is 15.6 Å². The van der Waals surface area contributed by atoms with Crippen LogP contribution in [-0.2, 0) is 0 Å². The lowest BCUT2D eigenvalue weighted by atomic mass is 10.0. The first-order valence-electron chi connectivity index (χ1n) is 4.76. The van der Waals surface area contributed by atoms with E-state index in [1.807, 2.05) is 6.07 Å². The highest BCUT2D eigenvalue weighted by Crippen LogP contribution is 2.27. The molecule has 0 heterocycles. The molecule has 0 amide bonds. The highest BCUT2D eigenvalue weighted by molar-refractivity contribution is 9.10. The Bertz CT molecular complexity index is 617. The second-order valence-electron chi connectivity index (χ2n) is 3.46. The molecular weight excluding hydrogens is 288 g/mol. The second-order valence-corrected chi connectivity index (χ2v) is 4.38. The van der Waals surface area contributed by atoms with Crippen molar-refractivity contribution in [3.63, 3.8) is 0 Å². The van der Waals surface area contributed by atoms with Crippen LogP contribution in [0.15, 0.2) is 40.9 Å². The van der Waals surface area contributed by atoms with Gasteiger partial charge in [-0.15, -0.1) is 0 Å². The first-order valence-corrected chi connectivity index (χ1v) is 5.55. The SMILES string of the molecule is N#Cc1cc(Br)cc(-c2cc(F)ccc2F)c1. The summed E-state index contributed by atoms with van der Waals surface area (Å²) in [4.78, 5) is 0. The lowest BCUT2D eigenvalue weighted by Gasteiger charge is -2.05. The molecule has 1 nitrogen and oxygen atoms in total. The fraction of sp³-hybridized carbons (Fsp3) is 0. The fourth-order valence-electron chi connectivity index (χ4n) is 1.53. The Kier molecular flexibility index (Phi) is 3.21. The lowest BCUT2D eigenvalue weighted by Crippen LogP contribution is -1.88. The highest BCUT2D eigenvalue weighted by Gasteiger charge is 2.08. The van der Waals surface area contributed by atoms with Gasteiger partial charge >= 0.3 is 0 Å². The maximum absolute atomic E-state index is 13.6. The molecule has 2 aromatic rings. The molecule has 0 fully saturated rings. The minimum Gasteiger partial charge on any atom is -0.207 e. The quantitative estimate of drug-likeness (QED) is 0.770. The third kappa shape index (κ3) is 2.51. The first kappa shape index (κ1) is 11.7. The van der Waals surface area contributed by atoms with Crippen LogP contribution in [0.2, 0.25) is 0 Å². The van der Waals surface area contributed by atoms with E-state index in [1.54, 1.807) is 12.1 Å². The smallest absolute Gasteiger partial charge is 0.131 e. The predicted octanol–water partition coefficient (Wildman–Crippen LogP) is 4.27. The molecule has 0 N–H and O–H groups in total. The largest absolute Gasteiger partial charge is 0.207 e.